The molecule has 3 aromatic rings. The number of hydrogen-bond acceptors (Lipinski definition) is 4. The molecule has 172 valence electrons. The number of hydrogen-bond donors (Lipinski definition) is 1. The van der Waals surface area contributed by atoms with E-state index in [9.17, 15) is 9.59 Å². The molecule has 1 N–H and O–H groups in total. The van der Waals surface area contributed by atoms with Crippen LogP contribution in [-0.2, 0) is 4.79 Å². The van der Waals surface area contributed by atoms with Crippen LogP contribution in [0.1, 0.15) is 42.5 Å². The zero-order valence-electron chi connectivity index (χ0n) is 19.3. The van der Waals surface area contributed by atoms with E-state index in [1.54, 1.807) is 19.0 Å². The lowest BCUT2D eigenvalue weighted by Crippen LogP contribution is -2.46. The zero-order valence-corrected chi connectivity index (χ0v) is 19.3. The van der Waals surface area contributed by atoms with Crippen LogP contribution in [0, 0.1) is 5.92 Å². The first-order chi connectivity index (χ1) is 16.0. The van der Waals surface area contributed by atoms with Gasteiger partial charge in [-0.05, 0) is 62.1 Å². The number of nitrogens with one attached hydrogen (secondary N) is 1. The van der Waals surface area contributed by atoms with Crippen molar-refractivity contribution < 1.29 is 9.59 Å². The molecule has 2 aromatic heterocycles. The van der Waals surface area contributed by atoms with Gasteiger partial charge in [0.05, 0.1) is 17.4 Å². The van der Waals surface area contributed by atoms with Gasteiger partial charge in [0.1, 0.15) is 5.82 Å². The van der Waals surface area contributed by atoms with Crippen molar-refractivity contribution in [3.8, 4) is 5.82 Å². The molecule has 7 nitrogen and oxygen atoms in total. The average Bonchev–Trinajstić information content (AvgIpc) is 3.21. The predicted molar refractivity (Wildman–Crippen MR) is 130 cm³/mol. The number of nitrogens with zero attached hydrogens (tertiary/aromatic N) is 4. The standard InChI is InChI=1S/C26H31N5O2/c1-29(2)25(32)20-6-8-23-19(16-20)10-15-31(23)24-9-7-22(17-27-24)28-21-11-13-30(14-12-21)26(33)18-4-3-5-18/h6-10,15-18,21,28H,3-5,11-14H2,1-2H3. The number of benzene rings is 1. The minimum Gasteiger partial charge on any atom is -0.381 e. The number of anilines is 1. The highest BCUT2D eigenvalue weighted by atomic mass is 16.2. The van der Waals surface area contributed by atoms with Crippen molar-refractivity contribution in [2.24, 2.45) is 5.92 Å². The largest absolute Gasteiger partial charge is 0.381 e. The van der Waals surface area contributed by atoms with Gasteiger partial charge in [-0.2, -0.15) is 0 Å². The smallest absolute Gasteiger partial charge is 0.253 e. The highest BCUT2D eigenvalue weighted by Gasteiger charge is 2.31. The Bertz CT molecular complexity index is 1160. The maximum atomic E-state index is 12.4. The van der Waals surface area contributed by atoms with Crippen LogP contribution in [0.3, 0.4) is 0 Å². The van der Waals surface area contributed by atoms with Gasteiger partial charge in [-0.3, -0.25) is 9.59 Å². The molecule has 1 aliphatic heterocycles. The van der Waals surface area contributed by atoms with Gasteiger partial charge in [-0.25, -0.2) is 4.98 Å². The summed E-state index contributed by atoms with van der Waals surface area (Å²) in [5.74, 6) is 1.48. The highest BCUT2D eigenvalue weighted by Crippen LogP contribution is 2.29. The molecule has 0 atom stereocenters. The third kappa shape index (κ3) is 4.32. The number of amides is 2. The Morgan fingerprint density at radius 1 is 1.03 bits per heavy atom. The molecule has 5 rings (SSSR count). The predicted octanol–water partition coefficient (Wildman–Crippen LogP) is 3.93. The SMILES string of the molecule is CN(C)C(=O)c1ccc2c(ccn2-c2ccc(NC3CCN(C(=O)C4CCC4)CC3)cn2)c1. The Hall–Kier alpha value is -3.35. The van der Waals surface area contributed by atoms with E-state index in [1.807, 2.05) is 47.3 Å². The number of pyridine rings is 1. The molecule has 2 aliphatic rings. The Kier molecular flexibility index (Phi) is 5.79. The van der Waals surface area contributed by atoms with Crippen LogP contribution in [0.25, 0.3) is 16.7 Å². The average molecular weight is 446 g/mol. The van der Waals surface area contributed by atoms with E-state index < -0.39 is 0 Å². The quantitative estimate of drug-likeness (QED) is 0.646. The topological polar surface area (TPSA) is 70.5 Å². The van der Waals surface area contributed by atoms with E-state index in [0.717, 1.165) is 61.2 Å². The van der Waals surface area contributed by atoms with Crippen LogP contribution in [0.15, 0.2) is 48.8 Å². The summed E-state index contributed by atoms with van der Waals surface area (Å²) in [4.78, 5) is 33.0. The number of piperidine rings is 1. The molecule has 1 aromatic carbocycles. The van der Waals surface area contributed by atoms with Crippen LogP contribution < -0.4 is 5.32 Å². The van der Waals surface area contributed by atoms with Gasteiger partial charge in [-0.1, -0.05) is 6.42 Å². The molecule has 0 unspecified atom stereocenters. The fraction of sp³-hybridized carbons (Fsp3) is 0.423. The Balaban J connectivity index is 1.22. The molecule has 0 radical (unpaired) electrons. The van der Waals surface area contributed by atoms with Crippen LogP contribution in [0.4, 0.5) is 5.69 Å². The zero-order chi connectivity index (χ0) is 22.9. The molecule has 1 saturated carbocycles. The molecule has 7 heteroatoms. The summed E-state index contributed by atoms with van der Waals surface area (Å²) in [6, 6.07) is 12.2. The Morgan fingerprint density at radius 3 is 2.45 bits per heavy atom. The number of aromatic nitrogens is 2. The van der Waals surface area contributed by atoms with Crippen molar-refractivity contribution in [2.75, 3.05) is 32.5 Å². The molecule has 1 saturated heterocycles. The van der Waals surface area contributed by atoms with Gasteiger partial charge >= 0.3 is 0 Å². The lowest BCUT2D eigenvalue weighted by atomic mass is 9.84. The first-order valence-corrected chi connectivity index (χ1v) is 11.8. The molecule has 33 heavy (non-hydrogen) atoms. The molecule has 1 aliphatic carbocycles. The fourth-order valence-electron chi connectivity index (χ4n) is 4.74. The minimum absolute atomic E-state index is 0.00330. The Labute approximate surface area is 194 Å². The van der Waals surface area contributed by atoms with E-state index >= 15 is 0 Å². The van der Waals surface area contributed by atoms with E-state index in [4.69, 9.17) is 0 Å². The van der Waals surface area contributed by atoms with E-state index in [-0.39, 0.29) is 11.8 Å². The van der Waals surface area contributed by atoms with Gasteiger partial charge in [0.25, 0.3) is 5.91 Å². The van der Waals surface area contributed by atoms with Crippen molar-refractivity contribution in [2.45, 2.75) is 38.1 Å². The lowest BCUT2D eigenvalue weighted by Gasteiger charge is -2.37. The summed E-state index contributed by atoms with van der Waals surface area (Å²) >= 11 is 0. The highest BCUT2D eigenvalue weighted by molar-refractivity contribution is 5.98. The third-order valence-electron chi connectivity index (χ3n) is 6.97. The van der Waals surface area contributed by atoms with Crippen LogP contribution >= 0.6 is 0 Å². The van der Waals surface area contributed by atoms with Crippen molar-refractivity contribution in [1.29, 1.82) is 0 Å². The second-order valence-electron chi connectivity index (χ2n) is 9.44. The molecular formula is C26H31N5O2. The van der Waals surface area contributed by atoms with Crippen LogP contribution in [0.5, 0.6) is 0 Å². The van der Waals surface area contributed by atoms with Gasteiger partial charge in [0.15, 0.2) is 0 Å². The number of fused-ring (bicyclic) bond motifs is 1. The maximum Gasteiger partial charge on any atom is 0.253 e. The van der Waals surface area contributed by atoms with Crippen molar-refractivity contribution in [3.05, 3.63) is 54.4 Å². The number of rotatable bonds is 5. The minimum atomic E-state index is -0.00330. The molecule has 2 amide bonds. The van der Waals surface area contributed by atoms with Crippen LogP contribution in [-0.4, -0.2) is 64.4 Å². The number of likely N-dealkylation sites (tertiary alicyclic amines) is 1. The van der Waals surface area contributed by atoms with Crippen molar-refractivity contribution in [3.63, 3.8) is 0 Å². The fourth-order valence-corrected chi connectivity index (χ4v) is 4.74. The van der Waals surface area contributed by atoms with Gasteiger partial charge < -0.3 is 19.7 Å². The van der Waals surface area contributed by atoms with E-state index in [2.05, 4.69) is 21.3 Å². The summed E-state index contributed by atoms with van der Waals surface area (Å²) in [7, 11) is 3.52. The van der Waals surface area contributed by atoms with Crippen LogP contribution in [0.2, 0.25) is 0 Å². The van der Waals surface area contributed by atoms with Gasteiger partial charge in [-0.15, -0.1) is 0 Å². The second kappa shape index (κ2) is 8.89. The van der Waals surface area contributed by atoms with E-state index in [1.165, 1.54) is 6.42 Å². The van der Waals surface area contributed by atoms with E-state index in [0.29, 0.717) is 17.5 Å². The van der Waals surface area contributed by atoms with Gasteiger partial charge in [0.2, 0.25) is 5.91 Å². The van der Waals surface area contributed by atoms with Crippen molar-refractivity contribution in [1.82, 2.24) is 19.4 Å². The molecule has 0 spiro atoms. The summed E-state index contributed by atoms with van der Waals surface area (Å²) in [6.45, 7) is 1.68. The lowest BCUT2D eigenvalue weighted by molar-refractivity contribution is -0.139. The first kappa shape index (κ1) is 21.5. The molecule has 2 fully saturated rings. The summed E-state index contributed by atoms with van der Waals surface area (Å²) < 4.78 is 2.04. The second-order valence-corrected chi connectivity index (χ2v) is 9.44. The van der Waals surface area contributed by atoms with Gasteiger partial charge in [0, 0.05) is 56.3 Å². The number of carbonyl (C=O) groups excluding carboxylic acids is 2. The first-order valence-electron chi connectivity index (χ1n) is 11.8. The monoisotopic (exact) mass is 445 g/mol. The maximum absolute atomic E-state index is 12.4. The summed E-state index contributed by atoms with van der Waals surface area (Å²) in [5.41, 5.74) is 2.69. The molecule has 3 heterocycles. The Morgan fingerprint density at radius 2 is 1.82 bits per heavy atom. The van der Waals surface area contributed by atoms with Crippen molar-refractivity contribution >= 4 is 28.4 Å². The molecular weight excluding hydrogens is 414 g/mol. The number of carbonyl (C=O) groups is 2. The summed E-state index contributed by atoms with van der Waals surface area (Å²) in [5, 5.41) is 4.60. The normalized spacial score (nSPS) is 17.1. The third-order valence-corrected chi connectivity index (χ3v) is 6.97. The molecule has 0 bridgehead atoms. The summed E-state index contributed by atoms with van der Waals surface area (Å²) in [6.07, 6.45) is 9.14.